The molecule has 0 bridgehead atoms. The van der Waals surface area contributed by atoms with Crippen molar-refractivity contribution in [2.75, 3.05) is 16.2 Å². The number of para-hydroxylation sites is 1. The molecule has 4 rings (SSSR count). The summed E-state index contributed by atoms with van der Waals surface area (Å²) in [7, 11) is -3.61. The summed E-state index contributed by atoms with van der Waals surface area (Å²) in [4.78, 5) is 7.33. The molecule has 0 saturated heterocycles. The summed E-state index contributed by atoms with van der Waals surface area (Å²) < 4.78 is 28.2. The van der Waals surface area contributed by atoms with E-state index in [-0.39, 0.29) is 0 Å². The molecule has 0 unspecified atom stereocenters. The van der Waals surface area contributed by atoms with Crippen LogP contribution in [-0.4, -0.2) is 19.9 Å². The van der Waals surface area contributed by atoms with Gasteiger partial charge in [0.05, 0.1) is 10.6 Å². The number of sulfonamides is 1. The fraction of sp³-hybridized carbons (Fsp3) is 0.348. The molecule has 30 heavy (non-hydrogen) atoms. The maximum absolute atomic E-state index is 12.8. The molecule has 0 radical (unpaired) electrons. The van der Waals surface area contributed by atoms with Gasteiger partial charge in [0.2, 0.25) is 0 Å². The Labute approximate surface area is 182 Å². The Hall–Kier alpha value is -2.38. The molecule has 1 aliphatic heterocycles. The van der Waals surface area contributed by atoms with Crippen molar-refractivity contribution in [2.24, 2.45) is 0 Å². The van der Waals surface area contributed by atoms with Crippen LogP contribution in [-0.2, 0) is 22.9 Å². The highest BCUT2D eigenvalue weighted by Crippen LogP contribution is 2.37. The number of aryl methyl sites for hydroxylation is 1. The first-order chi connectivity index (χ1) is 14.6. The topological polar surface area (TPSA) is 62.3 Å². The lowest BCUT2D eigenvalue weighted by atomic mass is 10.1. The molecular weight excluding hydrogens is 414 g/mol. The van der Waals surface area contributed by atoms with Crippen molar-refractivity contribution in [3.8, 4) is 0 Å². The highest BCUT2D eigenvalue weighted by Gasteiger charge is 2.25. The van der Waals surface area contributed by atoms with Crippen LogP contribution in [0.2, 0.25) is 0 Å². The van der Waals surface area contributed by atoms with Gasteiger partial charge in [0.25, 0.3) is 10.0 Å². The zero-order chi connectivity index (χ0) is 21.0. The normalized spacial score (nSPS) is 13.4. The monoisotopic (exact) mass is 441 g/mol. The van der Waals surface area contributed by atoms with Gasteiger partial charge >= 0.3 is 0 Å². The Morgan fingerprint density at radius 1 is 1.10 bits per heavy atom. The number of nitrogens with zero attached hydrogens (tertiary/aromatic N) is 2. The van der Waals surface area contributed by atoms with E-state index in [0.717, 1.165) is 41.5 Å². The Morgan fingerprint density at radius 2 is 1.93 bits per heavy atom. The summed E-state index contributed by atoms with van der Waals surface area (Å²) in [5.41, 5.74) is 3.82. The van der Waals surface area contributed by atoms with Crippen LogP contribution in [0, 0.1) is 0 Å². The van der Waals surface area contributed by atoms with Gasteiger partial charge in [0.15, 0.2) is 5.13 Å². The van der Waals surface area contributed by atoms with E-state index in [4.69, 9.17) is 4.98 Å². The minimum Gasteiger partial charge on any atom is -0.317 e. The third-order valence-corrected chi connectivity index (χ3v) is 7.63. The van der Waals surface area contributed by atoms with Gasteiger partial charge in [0.1, 0.15) is 0 Å². The summed E-state index contributed by atoms with van der Waals surface area (Å²) in [6.07, 6.45) is 6.80. The molecule has 1 aliphatic rings. The molecule has 0 amide bonds. The van der Waals surface area contributed by atoms with E-state index < -0.39 is 10.0 Å². The predicted octanol–water partition coefficient (Wildman–Crippen LogP) is 5.76. The Bertz CT molecular complexity index is 1090. The fourth-order valence-electron chi connectivity index (χ4n) is 3.73. The van der Waals surface area contributed by atoms with E-state index >= 15 is 0 Å². The molecule has 2 heterocycles. The molecule has 5 nitrogen and oxygen atoms in total. The molecule has 2 aromatic carbocycles. The molecular formula is C23H27N3O2S2. The summed E-state index contributed by atoms with van der Waals surface area (Å²) in [5.74, 6) is 0. The maximum Gasteiger partial charge on any atom is 0.261 e. The van der Waals surface area contributed by atoms with Gasteiger partial charge in [-0.05, 0) is 55.2 Å². The average Bonchev–Trinajstić information content (AvgIpc) is 3.38. The average molecular weight is 442 g/mol. The van der Waals surface area contributed by atoms with Crippen LogP contribution < -0.4 is 9.62 Å². The molecule has 1 N–H and O–H groups in total. The van der Waals surface area contributed by atoms with Crippen molar-refractivity contribution in [3.63, 3.8) is 0 Å². The number of nitrogens with one attached hydrogen (secondary N) is 1. The summed E-state index contributed by atoms with van der Waals surface area (Å²) in [5, 5.41) is 3.15. The third kappa shape index (κ3) is 4.68. The van der Waals surface area contributed by atoms with E-state index in [1.54, 1.807) is 35.6 Å². The van der Waals surface area contributed by atoms with Crippen molar-refractivity contribution in [2.45, 2.75) is 50.3 Å². The molecule has 3 aromatic rings. The van der Waals surface area contributed by atoms with Gasteiger partial charge in [-0.15, -0.1) is 11.3 Å². The Kier molecular flexibility index (Phi) is 6.39. The number of anilines is 3. The standard InChI is InChI=1S/C23H27N3O2S2/c1-2-3-4-6-11-20-17-29-23(24-20)26-15-14-18-16-21(12-13-22(18)26)30(27,28)25-19-9-7-5-8-10-19/h5,7-10,12-13,16-17,25H,2-4,6,11,14-15H2,1H3. The van der Waals surface area contributed by atoms with Gasteiger partial charge in [-0.3, -0.25) is 4.72 Å². The van der Waals surface area contributed by atoms with E-state index in [1.807, 2.05) is 24.3 Å². The quantitative estimate of drug-likeness (QED) is 0.429. The Morgan fingerprint density at radius 3 is 2.73 bits per heavy atom. The zero-order valence-electron chi connectivity index (χ0n) is 17.2. The molecule has 0 atom stereocenters. The van der Waals surface area contributed by atoms with Crippen molar-refractivity contribution in [1.82, 2.24) is 4.98 Å². The zero-order valence-corrected chi connectivity index (χ0v) is 18.8. The second kappa shape index (κ2) is 9.18. The van der Waals surface area contributed by atoms with Gasteiger partial charge in [-0.1, -0.05) is 44.4 Å². The molecule has 0 aliphatic carbocycles. The third-order valence-electron chi connectivity index (χ3n) is 5.34. The number of aromatic nitrogens is 1. The van der Waals surface area contributed by atoms with Crippen molar-refractivity contribution >= 4 is 37.9 Å². The minimum atomic E-state index is -3.61. The number of hydrogen-bond donors (Lipinski definition) is 1. The van der Waals surface area contributed by atoms with Crippen LogP contribution in [0.1, 0.15) is 43.9 Å². The van der Waals surface area contributed by atoms with Crippen molar-refractivity contribution in [1.29, 1.82) is 0 Å². The van der Waals surface area contributed by atoms with Crippen molar-refractivity contribution < 1.29 is 8.42 Å². The lowest BCUT2D eigenvalue weighted by Crippen LogP contribution is -2.14. The van der Waals surface area contributed by atoms with Gasteiger partial charge in [-0.2, -0.15) is 0 Å². The van der Waals surface area contributed by atoms with Crippen LogP contribution in [0.4, 0.5) is 16.5 Å². The highest BCUT2D eigenvalue weighted by molar-refractivity contribution is 7.92. The lowest BCUT2D eigenvalue weighted by molar-refractivity contribution is 0.601. The highest BCUT2D eigenvalue weighted by atomic mass is 32.2. The SMILES string of the molecule is CCCCCCc1csc(N2CCc3cc(S(=O)(=O)Nc4ccccc4)ccc32)n1. The number of hydrogen-bond acceptors (Lipinski definition) is 5. The van der Waals surface area contributed by atoms with E-state index in [9.17, 15) is 8.42 Å². The molecule has 1 aromatic heterocycles. The smallest absolute Gasteiger partial charge is 0.261 e. The number of rotatable bonds is 9. The number of benzene rings is 2. The second-order valence-electron chi connectivity index (χ2n) is 7.60. The molecule has 0 spiro atoms. The second-order valence-corrected chi connectivity index (χ2v) is 10.1. The van der Waals surface area contributed by atoms with Gasteiger partial charge in [0, 0.05) is 23.3 Å². The van der Waals surface area contributed by atoms with Crippen LogP contribution >= 0.6 is 11.3 Å². The van der Waals surface area contributed by atoms with Crippen LogP contribution in [0.25, 0.3) is 0 Å². The van der Waals surface area contributed by atoms with E-state index in [2.05, 4.69) is 21.9 Å². The molecule has 0 saturated carbocycles. The Balaban J connectivity index is 1.48. The molecule has 158 valence electrons. The van der Waals surface area contributed by atoms with E-state index in [1.165, 1.54) is 25.7 Å². The number of unbranched alkanes of at least 4 members (excludes halogenated alkanes) is 3. The van der Waals surface area contributed by atoms with E-state index in [0.29, 0.717) is 10.6 Å². The summed E-state index contributed by atoms with van der Waals surface area (Å²) in [6, 6.07) is 14.3. The first kappa shape index (κ1) is 20.9. The van der Waals surface area contributed by atoms with Gasteiger partial charge < -0.3 is 4.90 Å². The minimum absolute atomic E-state index is 0.294. The van der Waals surface area contributed by atoms with Gasteiger partial charge in [-0.25, -0.2) is 13.4 Å². The fourth-order valence-corrected chi connectivity index (χ4v) is 5.74. The lowest BCUT2D eigenvalue weighted by Gasteiger charge is -2.16. The molecule has 7 heteroatoms. The summed E-state index contributed by atoms with van der Waals surface area (Å²) >= 11 is 1.67. The molecule has 0 fully saturated rings. The first-order valence-corrected chi connectivity index (χ1v) is 12.9. The maximum atomic E-state index is 12.8. The van der Waals surface area contributed by atoms with Crippen LogP contribution in [0.3, 0.4) is 0 Å². The summed E-state index contributed by atoms with van der Waals surface area (Å²) in [6.45, 7) is 3.05. The predicted molar refractivity (Wildman–Crippen MR) is 124 cm³/mol. The first-order valence-electron chi connectivity index (χ1n) is 10.5. The number of thiazole rings is 1. The van der Waals surface area contributed by atoms with Crippen LogP contribution in [0.5, 0.6) is 0 Å². The van der Waals surface area contributed by atoms with Crippen molar-refractivity contribution in [3.05, 3.63) is 65.2 Å². The number of fused-ring (bicyclic) bond motifs is 1. The largest absolute Gasteiger partial charge is 0.317 e. The van der Waals surface area contributed by atoms with Crippen LogP contribution in [0.15, 0.2) is 58.8 Å².